The van der Waals surface area contributed by atoms with Crippen molar-refractivity contribution < 1.29 is 22.7 Å². The smallest absolute Gasteiger partial charge is 0.311 e. The second kappa shape index (κ2) is 6.64. The van der Waals surface area contributed by atoms with Gasteiger partial charge in [-0.25, -0.2) is 8.42 Å². The zero-order valence-corrected chi connectivity index (χ0v) is 12.3. The average molecular weight is 308 g/mol. The van der Waals surface area contributed by atoms with Crippen molar-refractivity contribution in [1.29, 1.82) is 0 Å². The van der Waals surface area contributed by atoms with Gasteiger partial charge in [0.15, 0.2) is 21.3 Å². The van der Waals surface area contributed by atoms with Gasteiger partial charge in [-0.3, -0.25) is 4.79 Å². The Morgan fingerprint density at radius 3 is 2.67 bits per heavy atom. The van der Waals surface area contributed by atoms with Crippen molar-refractivity contribution in [3.63, 3.8) is 0 Å². The van der Waals surface area contributed by atoms with Crippen LogP contribution >= 0.6 is 0 Å². The number of terminal acetylenes is 1. The molecule has 0 aliphatic carbocycles. The molecule has 0 bridgehead atoms. The third-order valence-electron chi connectivity index (χ3n) is 3.17. The largest absolute Gasteiger partial charge is 0.477 e. The van der Waals surface area contributed by atoms with E-state index in [-0.39, 0.29) is 30.5 Å². The number of hydrogen-bond donors (Lipinski definition) is 0. The third-order valence-corrected chi connectivity index (χ3v) is 5.00. The van der Waals surface area contributed by atoms with Gasteiger partial charge >= 0.3 is 5.97 Å². The van der Waals surface area contributed by atoms with E-state index in [0.717, 1.165) is 0 Å². The highest BCUT2D eigenvalue weighted by atomic mass is 32.2. The molecule has 1 heterocycles. The van der Waals surface area contributed by atoms with Gasteiger partial charge in [0.05, 0.1) is 11.5 Å². The SMILES string of the molecule is C#CCOc1ccccc1OC(=O)C[C@H]1CCS(=O)(=O)C1. The van der Waals surface area contributed by atoms with E-state index in [2.05, 4.69) is 5.92 Å². The Kier molecular flexibility index (Phi) is 4.86. The van der Waals surface area contributed by atoms with Crippen molar-refractivity contribution in [3.05, 3.63) is 24.3 Å². The first-order chi connectivity index (χ1) is 10.00. The molecule has 0 amide bonds. The van der Waals surface area contributed by atoms with Crippen molar-refractivity contribution in [3.8, 4) is 23.8 Å². The minimum absolute atomic E-state index is 0.0529. The monoisotopic (exact) mass is 308 g/mol. The summed E-state index contributed by atoms with van der Waals surface area (Å²) in [4.78, 5) is 11.9. The number of rotatable bonds is 5. The Labute approximate surface area is 124 Å². The minimum Gasteiger partial charge on any atom is -0.477 e. The van der Waals surface area contributed by atoms with Gasteiger partial charge in [-0.2, -0.15) is 0 Å². The van der Waals surface area contributed by atoms with E-state index in [1.54, 1.807) is 24.3 Å². The summed E-state index contributed by atoms with van der Waals surface area (Å²) in [6.07, 6.45) is 5.71. The number of carbonyl (C=O) groups excluding carboxylic acids is 1. The molecule has 0 N–H and O–H groups in total. The minimum atomic E-state index is -2.99. The molecular weight excluding hydrogens is 292 g/mol. The van der Waals surface area contributed by atoms with E-state index in [1.807, 2.05) is 0 Å². The van der Waals surface area contributed by atoms with Gasteiger partial charge in [0.1, 0.15) is 6.61 Å². The summed E-state index contributed by atoms with van der Waals surface area (Å²) in [6, 6.07) is 6.72. The zero-order chi connectivity index (χ0) is 15.3. The van der Waals surface area contributed by atoms with Gasteiger partial charge in [0.2, 0.25) is 0 Å². The Morgan fingerprint density at radius 2 is 2.05 bits per heavy atom. The molecule has 6 heteroatoms. The van der Waals surface area contributed by atoms with E-state index in [4.69, 9.17) is 15.9 Å². The molecule has 0 radical (unpaired) electrons. The Balaban J connectivity index is 1.95. The summed E-state index contributed by atoms with van der Waals surface area (Å²) in [5.41, 5.74) is 0. The number of carbonyl (C=O) groups is 1. The van der Waals surface area contributed by atoms with Crippen molar-refractivity contribution >= 4 is 15.8 Å². The van der Waals surface area contributed by atoms with Gasteiger partial charge in [-0.05, 0) is 24.5 Å². The van der Waals surface area contributed by atoms with Crippen LogP contribution in [0.25, 0.3) is 0 Å². The van der Waals surface area contributed by atoms with Crippen LogP contribution in [0.3, 0.4) is 0 Å². The lowest BCUT2D eigenvalue weighted by atomic mass is 10.1. The molecule has 21 heavy (non-hydrogen) atoms. The lowest BCUT2D eigenvalue weighted by Crippen LogP contribution is -2.15. The Morgan fingerprint density at radius 1 is 1.33 bits per heavy atom. The van der Waals surface area contributed by atoms with Crippen LogP contribution in [0.1, 0.15) is 12.8 Å². The Hall–Kier alpha value is -2.00. The van der Waals surface area contributed by atoms with E-state index >= 15 is 0 Å². The quantitative estimate of drug-likeness (QED) is 0.467. The second-order valence-corrected chi connectivity index (χ2v) is 7.12. The molecule has 1 aliphatic rings. The predicted molar refractivity (Wildman–Crippen MR) is 77.8 cm³/mol. The molecule has 0 aromatic heterocycles. The van der Waals surface area contributed by atoms with Crippen molar-refractivity contribution in [2.75, 3.05) is 18.1 Å². The lowest BCUT2D eigenvalue weighted by Gasteiger charge is -2.11. The molecule has 5 nitrogen and oxygen atoms in total. The van der Waals surface area contributed by atoms with Crippen LogP contribution in [0, 0.1) is 18.3 Å². The first kappa shape index (κ1) is 15.4. The molecule has 1 saturated heterocycles. The number of para-hydroxylation sites is 2. The van der Waals surface area contributed by atoms with Crippen LogP contribution in [0.4, 0.5) is 0 Å². The lowest BCUT2D eigenvalue weighted by molar-refractivity contribution is -0.135. The van der Waals surface area contributed by atoms with Crippen molar-refractivity contribution in [2.24, 2.45) is 5.92 Å². The molecule has 1 aliphatic heterocycles. The van der Waals surface area contributed by atoms with Gasteiger partial charge in [-0.15, -0.1) is 6.42 Å². The number of sulfone groups is 1. The maximum Gasteiger partial charge on any atom is 0.311 e. The molecule has 1 fully saturated rings. The van der Waals surface area contributed by atoms with Gasteiger partial charge < -0.3 is 9.47 Å². The maximum atomic E-state index is 11.9. The molecule has 1 aromatic rings. The van der Waals surface area contributed by atoms with Gasteiger partial charge in [-0.1, -0.05) is 18.1 Å². The van der Waals surface area contributed by atoms with E-state index in [9.17, 15) is 13.2 Å². The summed E-state index contributed by atoms with van der Waals surface area (Å²) >= 11 is 0. The van der Waals surface area contributed by atoms with Crippen molar-refractivity contribution in [2.45, 2.75) is 12.8 Å². The molecule has 0 unspecified atom stereocenters. The highest BCUT2D eigenvalue weighted by molar-refractivity contribution is 7.91. The normalized spacial score (nSPS) is 19.7. The highest BCUT2D eigenvalue weighted by Crippen LogP contribution is 2.28. The van der Waals surface area contributed by atoms with Crippen LogP contribution in [-0.4, -0.2) is 32.5 Å². The molecule has 1 atom stereocenters. The van der Waals surface area contributed by atoms with E-state index in [0.29, 0.717) is 17.9 Å². The fourth-order valence-electron chi connectivity index (χ4n) is 2.21. The molecule has 2 rings (SSSR count). The van der Waals surface area contributed by atoms with E-state index in [1.165, 1.54) is 0 Å². The number of ether oxygens (including phenoxy) is 2. The number of esters is 1. The van der Waals surface area contributed by atoms with Crippen LogP contribution in [0.15, 0.2) is 24.3 Å². The summed E-state index contributed by atoms with van der Waals surface area (Å²) in [5.74, 6) is 2.59. The second-order valence-electron chi connectivity index (χ2n) is 4.89. The number of hydrogen-bond acceptors (Lipinski definition) is 5. The summed E-state index contributed by atoms with van der Waals surface area (Å²) in [7, 11) is -2.99. The highest BCUT2D eigenvalue weighted by Gasteiger charge is 2.30. The molecular formula is C15H16O5S. The van der Waals surface area contributed by atoms with Gasteiger partial charge in [0, 0.05) is 6.42 Å². The van der Waals surface area contributed by atoms with Gasteiger partial charge in [0.25, 0.3) is 0 Å². The maximum absolute atomic E-state index is 11.9. The summed E-state index contributed by atoms with van der Waals surface area (Å²) < 4.78 is 33.3. The van der Waals surface area contributed by atoms with Crippen LogP contribution in [0.5, 0.6) is 11.5 Å². The third kappa shape index (κ3) is 4.50. The summed E-state index contributed by atoms with van der Waals surface area (Å²) in [6.45, 7) is 0.0788. The van der Waals surface area contributed by atoms with Crippen LogP contribution in [-0.2, 0) is 14.6 Å². The molecule has 0 saturated carbocycles. The first-order valence-electron chi connectivity index (χ1n) is 6.56. The van der Waals surface area contributed by atoms with Crippen LogP contribution < -0.4 is 9.47 Å². The molecule has 0 spiro atoms. The first-order valence-corrected chi connectivity index (χ1v) is 8.39. The van der Waals surface area contributed by atoms with Crippen LogP contribution in [0.2, 0.25) is 0 Å². The predicted octanol–water partition coefficient (Wildman–Crippen LogP) is 1.43. The molecule has 1 aromatic carbocycles. The fraction of sp³-hybridized carbons (Fsp3) is 0.400. The van der Waals surface area contributed by atoms with E-state index < -0.39 is 15.8 Å². The molecule has 112 valence electrons. The fourth-order valence-corrected chi connectivity index (χ4v) is 4.07. The summed E-state index contributed by atoms with van der Waals surface area (Å²) in [5, 5.41) is 0. The standard InChI is InChI=1S/C15H16O5S/c1-2-8-19-13-5-3-4-6-14(13)20-15(16)10-12-7-9-21(17,18)11-12/h1,3-6,12H,7-11H2/t12-/m1/s1. The van der Waals surface area contributed by atoms with Crippen molar-refractivity contribution in [1.82, 2.24) is 0 Å². The average Bonchev–Trinajstić information content (AvgIpc) is 2.76. The topological polar surface area (TPSA) is 69.7 Å². The Bertz CT molecular complexity index is 657. The number of benzene rings is 1. The zero-order valence-electron chi connectivity index (χ0n) is 11.4.